The van der Waals surface area contributed by atoms with Crippen LogP contribution in [0.15, 0.2) is 0 Å². The van der Waals surface area contributed by atoms with Crippen LogP contribution in [0.4, 0.5) is 0 Å². The number of likely N-dealkylation sites (N-methyl/N-ethyl adjacent to an activating group) is 1. The fourth-order valence-electron chi connectivity index (χ4n) is 0.749. The third-order valence-electron chi connectivity index (χ3n) is 1.42. The van der Waals surface area contributed by atoms with E-state index >= 15 is 0 Å². The summed E-state index contributed by atoms with van der Waals surface area (Å²) in [7, 11) is 1.59. The van der Waals surface area contributed by atoms with Gasteiger partial charge in [-0.2, -0.15) is 0 Å². The Labute approximate surface area is 89.5 Å². The molecule has 0 aliphatic rings. The van der Waals surface area contributed by atoms with E-state index in [-0.39, 0.29) is 13.0 Å². The van der Waals surface area contributed by atoms with E-state index in [1.54, 1.807) is 7.05 Å². The van der Waals surface area contributed by atoms with Crippen LogP contribution in [0, 0.1) is 0 Å². The summed E-state index contributed by atoms with van der Waals surface area (Å²) in [6.45, 7) is 0.708. The van der Waals surface area contributed by atoms with Gasteiger partial charge < -0.3 is 21.3 Å². The van der Waals surface area contributed by atoms with Crippen LogP contribution in [0.5, 0.6) is 0 Å². The van der Waals surface area contributed by atoms with E-state index in [2.05, 4.69) is 5.32 Å². The molecule has 0 amide bonds. The molecule has 5 N–H and O–H groups in total. The highest BCUT2D eigenvalue weighted by molar-refractivity contribution is 5.68. The number of unbranched alkanes of at least 4 members (excludes halogenated alkanes) is 2. The van der Waals surface area contributed by atoms with Gasteiger partial charge in [-0.25, -0.2) is 0 Å². The van der Waals surface area contributed by atoms with Crippen LogP contribution in [-0.4, -0.2) is 42.3 Å². The summed E-state index contributed by atoms with van der Waals surface area (Å²) in [5.41, 5.74) is 5.20. The number of rotatable bonds is 7. The first-order valence-electron chi connectivity index (χ1n) is 4.82. The molecule has 0 atom stereocenters. The highest BCUT2D eigenvalue weighted by atomic mass is 16.4. The summed E-state index contributed by atoms with van der Waals surface area (Å²) in [5, 5.41) is 18.5. The van der Waals surface area contributed by atoms with Crippen LogP contribution in [0.3, 0.4) is 0 Å². The molecule has 0 heterocycles. The monoisotopic (exact) mass is 220 g/mol. The Morgan fingerprint density at radius 1 is 1.13 bits per heavy atom. The normalized spacial score (nSPS) is 8.93. The van der Waals surface area contributed by atoms with Crippen molar-refractivity contribution in [3.05, 3.63) is 0 Å². The van der Waals surface area contributed by atoms with Crippen molar-refractivity contribution in [3.63, 3.8) is 0 Å². The van der Waals surface area contributed by atoms with Crippen LogP contribution in [0.2, 0.25) is 0 Å². The number of carboxylic acids is 2. The second-order valence-corrected chi connectivity index (χ2v) is 2.92. The smallest absolute Gasteiger partial charge is 0.317 e. The second-order valence-electron chi connectivity index (χ2n) is 2.92. The van der Waals surface area contributed by atoms with Gasteiger partial charge in [-0.05, 0) is 26.4 Å². The molecule has 0 saturated heterocycles. The Balaban J connectivity index is 0. The van der Waals surface area contributed by atoms with Crippen LogP contribution >= 0.6 is 0 Å². The van der Waals surface area contributed by atoms with Gasteiger partial charge in [0.2, 0.25) is 0 Å². The molecule has 0 saturated carbocycles. The van der Waals surface area contributed by atoms with Gasteiger partial charge in [0.05, 0.1) is 6.54 Å². The number of hydrogen-bond donors (Lipinski definition) is 4. The summed E-state index contributed by atoms with van der Waals surface area (Å²) in [4.78, 5) is 19.5. The van der Waals surface area contributed by atoms with Crippen molar-refractivity contribution < 1.29 is 19.8 Å². The van der Waals surface area contributed by atoms with Crippen molar-refractivity contribution in [2.24, 2.45) is 5.73 Å². The fraction of sp³-hybridized carbons (Fsp3) is 0.778. The Hall–Kier alpha value is -1.14. The average molecular weight is 220 g/mol. The summed E-state index contributed by atoms with van der Waals surface area (Å²) < 4.78 is 0. The van der Waals surface area contributed by atoms with E-state index in [1.807, 2.05) is 0 Å². The quantitative estimate of drug-likeness (QED) is 0.445. The Kier molecular flexibility index (Phi) is 14.0. The van der Waals surface area contributed by atoms with Crippen molar-refractivity contribution >= 4 is 11.9 Å². The first-order valence-corrected chi connectivity index (χ1v) is 4.82. The minimum absolute atomic E-state index is 0.0417. The van der Waals surface area contributed by atoms with Gasteiger partial charge in [0, 0.05) is 6.42 Å². The zero-order valence-electron chi connectivity index (χ0n) is 9.03. The van der Waals surface area contributed by atoms with Gasteiger partial charge in [-0.15, -0.1) is 0 Å². The molecule has 0 bridgehead atoms. The lowest BCUT2D eigenvalue weighted by Crippen LogP contribution is -2.16. The predicted octanol–water partition coefficient (Wildman–Crippen LogP) is -0.119. The minimum Gasteiger partial charge on any atom is -0.481 e. The Bertz CT molecular complexity index is 173. The summed E-state index contributed by atoms with van der Waals surface area (Å²) in [6, 6.07) is 0. The van der Waals surface area contributed by atoms with E-state index < -0.39 is 11.9 Å². The maximum absolute atomic E-state index is 9.93. The topological polar surface area (TPSA) is 113 Å². The average Bonchev–Trinajstić information content (AvgIpc) is 2.13. The Morgan fingerprint density at radius 2 is 1.73 bits per heavy atom. The third kappa shape index (κ3) is 24.6. The van der Waals surface area contributed by atoms with Crippen molar-refractivity contribution in [2.75, 3.05) is 20.1 Å². The molecule has 0 aromatic heterocycles. The zero-order chi connectivity index (χ0) is 12.1. The lowest BCUT2D eigenvalue weighted by molar-refractivity contribution is -0.137. The molecule has 0 rings (SSSR count). The highest BCUT2D eigenvalue weighted by Gasteiger charge is 1.94. The van der Waals surface area contributed by atoms with Crippen LogP contribution in [0.1, 0.15) is 25.7 Å². The molecule has 6 heteroatoms. The molecular formula is C9H20N2O4. The highest BCUT2D eigenvalue weighted by Crippen LogP contribution is 1.97. The first-order chi connectivity index (χ1) is 7.04. The summed E-state index contributed by atoms with van der Waals surface area (Å²) >= 11 is 0. The van der Waals surface area contributed by atoms with E-state index in [1.165, 1.54) is 0 Å². The summed E-state index contributed by atoms with van der Waals surface area (Å²) in [6.07, 6.45) is 2.91. The standard InChI is InChI=1S/C6H13NO2.C3H7NO2/c7-5-3-1-2-4-6(8)9;1-4-2-3(5)6/h1-5,7H2,(H,8,9);4H,2H2,1H3,(H,5,6). The van der Waals surface area contributed by atoms with Crippen LogP contribution in [0.25, 0.3) is 0 Å². The number of nitrogens with two attached hydrogens (primary N) is 1. The van der Waals surface area contributed by atoms with Gasteiger partial charge in [0.25, 0.3) is 0 Å². The molecule has 0 aliphatic heterocycles. The van der Waals surface area contributed by atoms with E-state index in [9.17, 15) is 9.59 Å². The minimum atomic E-state index is -0.822. The van der Waals surface area contributed by atoms with Crippen molar-refractivity contribution in [1.29, 1.82) is 0 Å². The largest absolute Gasteiger partial charge is 0.481 e. The van der Waals surface area contributed by atoms with Gasteiger partial charge in [0.15, 0.2) is 0 Å². The molecule has 90 valence electrons. The maximum atomic E-state index is 9.93. The zero-order valence-corrected chi connectivity index (χ0v) is 9.03. The van der Waals surface area contributed by atoms with Crippen molar-refractivity contribution in [3.8, 4) is 0 Å². The van der Waals surface area contributed by atoms with Crippen molar-refractivity contribution in [1.82, 2.24) is 5.32 Å². The van der Waals surface area contributed by atoms with E-state index in [0.717, 1.165) is 19.3 Å². The molecule has 6 nitrogen and oxygen atoms in total. The second kappa shape index (κ2) is 12.9. The molecule has 15 heavy (non-hydrogen) atoms. The lowest BCUT2D eigenvalue weighted by atomic mass is 10.2. The number of carbonyl (C=O) groups is 2. The molecule has 0 aliphatic carbocycles. The molecule has 0 fully saturated rings. The van der Waals surface area contributed by atoms with Crippen LogP contribution < -0.4 is 11.1 Å². The molecule has 0 aromatic rings. The predicted molar refractivity (Wildman–Crippen MR) is 56.7 cm³/mol. The van der Waals surface area contributed by atoms with Gasteiger partial charge in [-0.3, -0.25) is 9.59 Å². The molecular weight excluding hydrogens is 200 g/mol. The lowest BCUT2D eigenvalue weighted by Gasteiger charge is -1.93. The Morgan fingerprint density at radius 3 is 2.00 bits per heavy atom. The molecule has 0 unspecified atom stereocenters. The molecule has 0 aromatic carbocycles. The molecule has 0 spiro atoms. The van der Waals surface area contributed by atoms with Gasteiger partial charge >= 0.3 is 11.9 Å². The number of hydrogen-bond acceptors (Lipinski definition) is 4. The van der Waals surface area contributed by atoms with Gasteiger partial charge in [0.1, 0.15) is 0 Å². The number of carboxylic acid groups (broad SMARTS) is 2. The molecule has 0 radical (unpaired) electrons. The summed E-state index contributed by atoms with van der Waals surface area (Å²) in [5.74, 6) is -1.54. The third-order valence-corrected chi connectivity index (χ3v) is 1.42. The maximum Gasteiger partial charge on any atom is 0.317 e. The SMILES string of the molecule is CNCC(=O)O.NCCCCCC(=O)O. The van der Waals surface area contributed by atoms with Gasteiger partial charge in [-0.1, -0.05) is 6.42 Å². The number of nitrogens with one attached hydrogen (secondary N) is 1. The van der Waals surface area contributed by atoms with Crippen LogP contribution in [-0.2, 0) is 9.59 Å². The fourth-order valence-corrected chi connectivity index (χ4v) is 0.749. The van der Waals surface area contributed by atoms with Crippen molar-refractivity contribution in [2.45, 2.75) is 25.7 Å². The first kappa shape index (κ1) is 16.3. The number of aliphatic carboxylic acids is 2. The van der Waals surface area contributed by atoms with E-state index in [0.29, 0.717) is 6.54 Å². The van der Waals surface area contributed by atoms with E-state index in [4.69, 9.17) is 15.9 Å².